The molecule has 3 atom stereocenters. The third kappa shape index (κ3) is 4.77. The van der Waals surface area contributed by atoms with E-state index >= 15 is 0 Å². The summed E-state index contributed by atoms with van der Waals surface area (Å²) in [6.07, 6.45) is 5.42. The molecular weight excluding hydrogens is 232 g/mol. The molecule has 0 aromatic heterocycles. The molecule has 2 amide bonds. The second-order valence-electron chi connectivity index (χ2n) is 4.94. The van der Waals surface area contributed by atoms with Crippen molar-refractivity contribution in [2.45, 2.75) is 51.1 Å². The van der Waals surface area contributed by atoms with Gasteiger partial charge in [-0.1, -0.05) is 12.5 Å². The summed E-state index contributed by atoms with van der Waals surface area (Å²) in [5.74, 6) is -1.09. The summed E-state index contributed by atoms with van der Waals surface area (Å²) in [5.41, 5.74) is 0. The highest BCUT2D eigenvalue weighted by Crippen LogP contribution is 2.24. The molecule has 3 unspecified atom stereocenters. The normalized spacial score (nSPS) is 24.9. The molecule has 1 aliphatic rings. The van der Waals surface area contributed by atoms with Crippen LogP contribution in [0.1, 0.15) is 39.0 Å². The van der Waals surface area contributed by atoms with Crippen LogP contribution in [-0.2, 0) is 4.79 Å². The van der Waals surface area contributed by atoms with Crippen LogP contribution in [0.25, 0.3) is 0 Å². The summed E-state index contributed by atoms with van der Waals surface area (Å²) >= 11 is 0. The third-order valence-corrected chi connectivity index (χ3v) is 3.26. The minimum absolute atomic E-state index is 0.0317. The van der Waals surface area contributed by atoms with Gasteiger partial charge in [0.05, 0.1) is 5.92 Å². The van der Waals surface area contributed by atoms with Crippen molar-refractivity contribution in [3.05, 3.63) is 12.7 Å². The number of aliphatic carboxylic acids is 1. The number of carboxylic acid groups (broad SMARTS) is 1. The lowest BCUT2D eigenvalue weighted by atomic mass is 9.86. The van der Waals surface area contributed by atoms with Crippen molar-refractivity contribution >= 4 is 12.0 Å². The maximum absolute atomic E-state index is 11.7. The van der Waals surface area contributed by atoms with Gasteiger partial charge in [-0.3, -0.25) is 4.79 Å². The molecule has 18 heavy (non-hydrogen) atoms. The first-order chi connectivity index (χ1) is 8.52. The van der Waals surface area contributed by atoms with Crippen molar-refractivity contribution in [3.8, 4) is 0 Å². The number of carbonyl (C=O) groups is 2. The van der Waals surface area contributed by atoms with Gasteiger partial charge in [-0.2, -0.15) is 0 Å². The average Bonchev–Trinajstić information content (AvgIpc) is 2.29. The summed E-state index contributed by atoms with van der Waals surface area (Å²) in [6.45, 7) is 5.52. The van der Waals surface area contributed by atoms with Crippen LogP contribution >= 0.6 is 0 Å². The predicted molar refractivity (Wildman–Crippen MR) is 69.3 cm³/mol. The summed E-state index contributed by atoms with van der Waals surface area (Å²) in [6, 6.07) is -0.211. The number of rotatable bonds is 5. The first-order valence-corrected chi connectivity index (χ1v) is 6.43. The molecule has 0 aromatic carbocycles. The van der Waals surface area contributed by atoms with Crippen LogP contribution in [0, 0.1) is 5.92 Å². The molecule has 0 saturated heterocycles. The molecule has 5 heteroatoms. The standard InChI is InChI=1S/C13H22N2O3/c1-3-5-9(2)14-13(18)15-11-7-4-6-10(8-11)12(16)17/h3,9-11H,1,4-8H2,2H3,(H,16,17)(H2,14,15,18). The summed E-state index contributed by atoms with van der Waals surface area (Å²) in [5, 5.41) is 14.6. The van der Waals surface area contributed by atoms with Crippen molar-refractivity contribution in [2.24, 2.45) is 5.92 Å². The average molecular weight is 254 g/mol. The zero-order valence-corrected chi connectivity index (χ0v) is 10.8. The molecule has 0 spiro atoms. The second kappa shape index (κ2) is 7.03. The van der Waals surface area contributed by atoms with Gasteiger partial charge in [0, 0.05) is 12.1 Å². The molecule has 0 radical (unpaired) electrons. The maximum atomic E-state index is 11.7. The molecule has 1 fully saturated rings. The van der Waals surface area contributed by atoms with E-state index < -0.39 is 5.97 Å². The zero-order valence-electron chi connectivity index (χ0n) is 10.8. The minimum atomic E-state index is -0.762. The van der Waals surface area contributed by atoms with E-state index in [9.17, 15) is 9.59 Å². The number of hydrogen-bond acceptors (Lipinski definition) is 2. The predicted octanol–water partition coefficient (Wildman–Crippen LogP) is 1.89. The van der Waals surface area contributed by atoms with E-state index in [1.807, 2.05) is 6.92 Å². The Balaban J connectivity index is 2.35. The Morgan fingerprint density at radius 1 is 1.50 bits per heavy atom. The lowest BCUT2D eigenvalue weighted by Gasteiger charge is -2.27. The fraction of sp³-hybridized carbons (Fsp3) is 0.692. The van der Waals surface area contributed by atoms with E-state index in [0.29, 0.717) is 12.8 Å². The lowest BCUT2D eigenvalue weighted by Crippen LogP contribution is -2.47. The van der Waals surface area contributed by atoms with Crippen molar-refractivity contribution in [1.29, 1.82) is 0 Å². The maximum Gasteiger partial charge on any atom is 0.315 e. The van der Waals surface area contributed by atoms with Crippen molar-refractivity contribution < 1.29 is 14.7 Å². The lowest BCUT2D eigenvalue weighted by molar-refractivity contribution is -0.143. The first-order valence-electron chi connectivity index (χ1n) is 6.43. The van der Waals surface area contributed by atoms with E-state index in [1.54, 1.807) is 6.08 Å². The summed E-state index contributed by atoms with van der Waals surface area (Å²) in [4.78, 5) is 22.6. The first kappa shape index (κ1) is 14.5. The molecule has 0 aliphatic heterocycles. The molecular formula is C13H22N2O3. The number of urea groups is 1. The Kier molecular flexibility index (Phi) is 5.68. The highest BCUT2D eigenvalue weighted by Gasteiger charge is 2.27. The van der Waals surface area contributed by atoms with Crippen LogP contribution < -0.4 is 10.6 Å². The van der Waals surface area contributed by atoms with Gasteiger partial charge in [0.2, 0.25) is 0 Å². The van der Waals surface area contributed by atoms with E-state index in [-0.39, 0.29) is 24.0 Å². The van der Waals surface area contributed by atoms with Crippen LogP contribution in [0.5, 0.6) is 0 Å². The van der Waals surface area contributed by atoms with Crippen molar-refractivity contribution in [2.75, 3.05) is 0 Å². The highest BCUT2D eigenvalue weighted by molar-refractivity contribution is 5.75. The Hall–Kier alpha value is -1.52. The number of carboxylic acids is 1. The molecule has 1 aliphatic carbocycles. The van der Waals surface area contributed by atoms with Crippen molar-refractivity contribution in [3.63, 3.8) is 0 Å². The van der Waals surface area contributed by atoms with Crippen LogP contribution in [0.3, 0.4) is 0 Å². The van der Waals surface area contributed by atoms with Gasteiger partial charge in [-0.25, -0.2) is 4.79 Å². The minimum Gasteiger partial charge on any atom is -0.481 e. The molecule has 1 rings (SSSR count). The molecule has 102 valence electrons. The highest BCUT2D eigenvalue weighted by atomic mass is 16.4. The molecule has 1 saturated carbocycles. The Labute approximate surface area is 108 Å². The van der Waals surface area contributed by atoms with Gasteiger partial charge in [-0.05, 0) is 32.6 Å². The molecule has 5 nitrogen and oxygen atoms in total. The Morgan fingerprint density at radius 3 is 2.83 bits per heavy atom. The number of nitrogens with one attached hydrogen (secondary N) is 2. The largest absolute Gasteiger partial charge is 0.481 e. The van der Waals surface area contributed by atoms with Gasteiger partial charge in [0.15, 0.2) is 0 Å². The van der Waals surface area contributed by atoms with Gasteiger partial charge >= 0.3 is 12.0 Å². The summed E-state index contributed by atoms with van der Waals surface area (Å²) in [7, 11) is 0. The smallest absolute Gasteiger partial charge is 0.315 e. The topological polar surface area (TPSA) is 78.4 Å². The van der Waals surface area contributed by atoms with Crippen LogP contribution in [-0.4, -0.2) is 29.2 Å². The van der Waals surface area contributed by atoms with Crippen LogP contribution in [0.4, 0.5) is 4.79 Å². The van der Waals surface area contributed by atoms with Gasteiger partial charge < -0.3 is 15.7 Å². The molecule has 0 aromatic rings. The summed E-state index contributed by atoms with van der Waals surface area (Å²) < 4.78 is 0. The Bertz CT molecular complexity index is 317. The van der Waals surface area contributed by atoms with Gasteiger partial charge in [0.25, 0.3) is 0 Å². The number of amides is 2. The zero-order chi connectivity index (χ0) is 13.5. The molecule has 3 N–H and O–H groups in total. The van der Waals surface area contributed by atoms with Crippen LogP contribution in [0.2, 0.25) is 0 Å². The van der Waals surface area contributed by atoms with E-state index in [0.717, 1.165) is 19.3 Å². The van der Waals surface area contributed by atoms with E-state index in [1.165, 1.54) is 0 Å². The monoisotopic (exact) mass is 254 g/mol. The van der Waals surface area contributed by atoms with Gasteiger partial charge in [-0.15, -0.1) is 6.58 Å². The SMILES string of the molecule is C=CCC(C)NC(=O)NC1CCCC(C(=O)O)C1. The van der Waals surface area contributed by atoms with E-state index in [4.69, 9.17) is 5.11 Å². The molecule has 0 bridgehead atoms. The quantitative estimate of drug-likeness (QED) is 0.656. The molecule has 0 heterocycles. The fourth-order valence-electron chi connectivity index (χ4n) is 2.30. The number of carbonyl (C=O) groups excluding carboxylic acids is 1. The van der Waals surface area contributed by atoms with Gasteiger partial charge in [0.1, 0.15) is 0 Å². The Morgan fingerprint density at radius 2 is 2.22 bits per heavy atom. The fourth-order valence-corrected chi connectivity index (χ4v) is 2.30. The van der Waals surface area contributed by atoms with Crippen LogP contribution in [0.15, 0.2) is 12.7 Å². The van der Waals surface area contributed by atoms with Crippen molar-refractivity contribution in [1.82, 2.24) is 10.6 Å². The number of hydrogen-bond donors (Lipinski definition) is 3. The van der Waals surface area contributed by atoms with E-state index in [2.05, 4.69) is 17.2 Å². The third-order valence-electron chi connectivity index (χ3n) is 3.26. The second-order valence-corrected chi connectivity index (χ2v) is 4.94.